The second kappa shape index (κ2) is 17.9. The summed E-state index contributed by atoms with van der Waals surface area (Å²) in [5.74, 6) is -0.937. The van der Waals surface area contributed by atoms with Crippen LogP contribution in [0.2, 0.25) is 0 Å². The molecule has 3 rings (SSSR count). The minimum absolute atomic E-state index is 0. The standard InChI is InChI=1S/C9H9BN6.C7H11O4.2CO.Mo/c1-4-11-14(7-1)10(15-8-2-5-12-15)16-9-3-6-13-16;1-4(2)3-5(8)6(9)7(10)11;2*1-2;/h1-9H;3,5-6,8-9H,1H2,2H3,(H,10,11);;;/q-1;;;;+2/t;5-,6+;;;/m.0.../s1. The van der Waals surface area contributed by atoms with Gasteiger partial charge in [-0.05, 0) is 56.1 Å². The molecule has 0 fully saturated rings. The third kappa shape index (κ3) is 10.5. The summed E-state index contributed by atoms with van der Waals surface area (Å²) in [5, 5.41) is 38.5. The number of hydrogen-bond donors (Lipinski definition) is 3. The van der Waals surface area contributed by atoms with Gasteiger partial charge in [0.1, 0.15) is 0 Å². The van der Waals surface area contributed by atoms with E-state index in [2.05, 4.69) is 35.5 Å². The number of aliphatic hydroxyl groups excluding tert-OH is 2. The molecule has 0 saturated carbocycles. The zero-order valence-electron chi connectivity index (χ0n) is 16.9. The van der Waals surface area contributed by atoms with E-state index >= 15 is 0 Å². The molecule has 3 heterocycles. The average molecular weight is 523 g/mol. The molecule has 3 aromatic rings. The summed E-state index contributed by atoms with van der Waals surface area (Å²) < 4.78 is 20.4. The third-order valence-corrected chi connectivity index (χ3v) is 3.32. The Labute approximate surface area is 199 Å². The predicted molar refractivity (Wildman–Crippen MR) is 105 cm³/mol. The molecule has 32 heavy (non-hydrogen) atoms. The largest absolute Gasteiger partial charge is 2.00 e. The van der Waals surface area contributed by atoms with E-state index in [1.54, 1.807) is 39.3 Å². The smallest absolute Gasteiger partial charge is 0.479 e. The quantitative estimate of drug-likeness (QED) is 0.214. The van der Waals surface area contributed by atoms with Crippen molar-refractivity contribution in [3.63, 3.8) is 0 Å². The van der Waals surface area contributed by atoms with Gasteiger partial charge < -0.3 is 29.1 Å². The average Bonchev–Trinajstić information content (AvgIpc) is 3.55. The number of nitrogens with zero attached hydrogens (tertiary/aromatic N) is 6. The number of rotatable bonds is 7. The first-order chi connectivity index (χ1) is 14.9. The van der Waals surface area contributed by atoms with Crippen LogP contribution in [0.4, 0.5) is 0 Å². The van der Waals surface area contributed by atoms with E-state index in [4.69, 9.17) is 24.6 Å². The Morgan fingerprint density at radius 3 is 1.53 bits per heavy atom. The molecule has 0 saturated heterocycles. The van der Waals surface area contributed by atoms with Gasteiger partial charge in [-0.3, -0.25) is 0 Å². The van der Waals surface area contributed by atoms with Gasteiger partial charge in [-0.25, -0.2) is 20.1 Å². The maximum Gasteiger partial charge on any atom is 2.00 e. The molecule has 12 nitrogen and oxygen atoms in total. The minimum Gasteiger partial charge on any atom is -0.479 e. The van der Waals surface area contributed by atoms with Crippen molar-refractivity contribution >= 4 is 13.1 Å². The van der Waals surface area contributed by atoms with Crippen LogP contribution in [0.5, 0.6) is 0 Å². The summed E-state index contributed by atoms with van der Waals surface area (Å²) in [6.45, 7) is 14.0. The Balaban J connectivity index is 0. The molecule has 0 aliphatic rings. The van der Waals surface area contributed by atoms with Crippen LogP contribution in [0.25, 0.3) is 0 Å². The Hall–Kier alpha value is -2.75. The Morgan fingerprint density at radius 1 is 0.969 bits per heavy atom. The summed E-state index contributed by atoms with van der Waals surface area (Å²) in [7, 11) is -0.194. The molecule has 0 spiro atoms. The van der Waals surface area contributed by atoms with Gasteiger partial charge in [-0.15, -0.1) is 0 Å². The van der Waals surface area contributed by atoms with Crippen molar-refractivity contribution in [2.45, 2.75) is 19.1 Å². The first-order valence-electron chi connectivity index (χ1n) is 8.37. The molecule has 0 unspecified atom stereocenters. The fraction of sp³-hybridized carbons (Fsp3) is 0.167. The second-order valence-electron chi connectivity index (χ2n) is 5.59. The fourth-order valence-corrected chi connectivity index (χ4v) is 2.14. The van der Waals surface area contributed by atoms with Gasteiger partial charge in [0, 0.05) is 18.6 Å². The monoisotopic (exact) mass is 525 g/mol. The molecule has 0 aliphatic carbocycles. The van der Waals surface area contributed by atoms with Gasteiger partial charge in [0.25, 0.3) is 7.12 Å². The Morgan fingerprint density at radius 2 is 1.31 bits per heavy atom. The number of aliphatic hydroxyl groups is 2. The number of carbonyl (C=O) groups is 1. The number of hydrogen-bond acceptors (Lipinski definition) is 6. The van der Waals surface area contributed by atoms with Gasteiger partial charge >= 0.3 is 49.6 Å². The molecule has 14 heteroatoms. The second-order valence-corrected chi connectivity index (χ2v) is 5.59. The van der Waals surface area contributed by atoms with Gasteiger partial charge in [-0.1, -0.05) is 6.92 Å². The molecule has 4 radical (unpaired) electrons. The molecule has 0 amide bonds. The first-order valence-corrected chi connectivity index (χ1v) is 8.37. The van der Waals surface area contributed by atoms with Crippen molar-refractivity contribution in [2.24, 2.45) is 0 Å². The topological polar surface area (TPSA) is 171 Å². The molecule has 3 N–H and O–H groups in total. The zero-order valence-corrected chi connectivity index (χ0v) is 18.9. The van der Waals surface area contributed by atoms with Crippen molar-refractivity contribution in [3.8, 4) is 0 Å². The van der Waals surface area contributed by atoms with Gasteiger partial charge in [-0.2, -0.15) is 0 Å². The maximum absolute atomic E-state index is 10.1. The number of aliphatic carboxylic acids is 1. The van der Waals surface area contributed by atoms with Crippen molar-refractivity contribution in [2.75, 3.05) is 0 Å². The van der Waals surface area contributed by atoms with E-state index < -0.39 is 18.2 Å². The number of carboxylic acid groups (broad SMARTS) is 1. The van der Waals surface area contributed by atoms with Gasteiger partial charge in [0.15, 0.2) is 6.10 Å². The van der Waals surface area contributed by atoms with Crippen molar-refractivity contribution in [3.05, 3.63) is 87.9 Å². The van der Waals surface area contributed by atoms with Crippen LogP contribution in [0.1, 0.15) is 6.92 Å². The molecule has 0 aliphatic heterocycles. The molecular weight excluding hydrogens is 503 g/mol. The maximum atomic E-state index is 10.1. The van der Waals surface area contributed by atoms with Crippen molar-refractivity contribution in [1.29, 1.82) is 0 Å². The molecular formula is C18H20BMoN6O6+. The number of aromatic nitrogens is 6. The summed E-state index contributed by atoms with van der Waals surface area (Å²) in [6, 6.07) is 5.62. The summed E-state index contributed by atoms with van der Waals surface area (Å²) >= 11 is 0. The molecule has 0 bridgehead atoms. The van der Waals surface area contributed by atoms with Gasteiger partial charge in [0.2, 0.25) is 0 Å². The zero-order chi connectivity index (χ0) is 23.8. The van der Waals surface area contributed by atoms with Crippen LogP contribution in [-0.2, 0) is 35.2 Å². The van der Waals surface area contributed by atoms with Crippen LogP contribution >= 0.6 is 0 Å². The van der Waals surface area contributed by atoms with Crippen molar-refractivity contribution < 1.29 is 50.5 Å². The number of carboxylic acids is 1. The summed E-state index contributed by atoms with van der Waals surface area (Å²) in [6.07, 6.45) is 8.88. The van der Waals surface area contributed by atoms with E-state index in [-0.39, 0.29) is 28.2 Å². The van der Waals surface area contributed by atoms with E-state index in [9.17, 15) is 4.79 Å². The minimum atomic E-state index is -1.77. The van der Waals surface area contributed by atoms with Crippen LogP contribution in [0.15, 0.2) is 55.4 Å². The van der Waals surface area contributed by atoms with E-state index in [1.807, 2.05) is 36.8 Å². The van der Waals surface area contributed by atoms with Gasteiger partial charge in [0.05, 0.1) is 6.10 Å². The first kappa shape index (κ1) is 31.4. The van der Waals surface area contributed by atoms with Crippen LogP contribution < -0.4 is 0 Å². The SMILES string of the molecule is [C-]#[O+].[C-]#[O+].[CH2][C](C)[CH][C@H](O)[C@@H](O)C(=O)O.[Mo+2].c1cnn([B-](n2cccn2)n2cccn2)c1. The predicted octanol–water partition coefficient (Wildman–Crippen LogP) is -0.446. The molecule has 2 atom stereocenters. The van der Waals surface area contributed by atoms with Crippen LogP contribution in [-0.4, -0.2) is 69.7 Å². The fourth-order valence-electron chi connectivity index (χ4n) is 2.14. The Kier molecular flexibility index (Phi) is 17.6. The van der Waals surface area contributed by atoms with E-state index in [0.29, 0.717) is 5.92 Å². The molecule has 0 aromatic carbocycles. The van der Waals surface area contributed by atoms with Crippen LogP contribution in [0.3, 0.4) is 0 Å². The normalized spacial score (nSPS) is 11.3. The molecule has 166 valence electrons. The van der Waals surface area contributed by atoms with E-state index in [0.717, 1.165) is 0 Å². The molecule has 3 aromatic heterocycles. The van der Waals surface area contributed by atoms with Crippen LogP contribution in [0, 0.1) is 32.6 Å². The summed E-state index contributed by atoms with van der Waals surface area (Å²) in [4.78, 5) is 10.1. The third-order valence-electron chi connectivity index (χ3n) is 3.32. The Bertz CT molecular complexity index is 783. The van der Waals surface area contributed by atoms with Crippen molar-refractivity contribution in [1.82, 2.24) is 29.1 Å². The van der Waals surface area contributed by atoms with E-state index in [1.165, 1.54) is 6.42 Å². The summed E-state index contributed by atoms with van der Waals surface area (Å²) in [5.41, 5.74) is 0.